The van der Waals surface area contributed by atoms with Gasteiger partial charge in [-0.3, -0.25) is 4.68 Å². The predicted molar refractivity (Wildman–Crippen MR) is 81.4 cm³/mol. The average molecular weight is 362 g/mol. The number of hydrogen-bond donors (Lipinski definition) is 0. The van der Waals surface area contributed by atoms with Gasteiger partial charge in [0, 0.05) is 25.8 Å². The van der Waals surface area contributed by atoms with Crippen LogP contribution in [0, 0.1) is 5.92 Å². The Morgan fingerprint density at radius 3 is 2.70 bits per heavy atom. The molecule has 0 amide bonds. The number of rotatable bonds is 3. The van der Waals surface area contributed by atoms with E-state index in [1.165, 1.54) is 0 Å². The predicted octanol–water partition coefficient (Wildman–Crippen LogP) is 1.72. The monoisotopic (exact) mass is 361 g/mol. The van der Waals surface area contributed by atoms with E-state index in [1.807, 2.05) is 17.1 Å². The number of nitrogens with zero attached hydrogens (tertiary/aromatic N) is 3. The Bertz CT molecular complexity index is 558. The van der Waals surface area contributed by atoms with Gasteiger partial charge >= 0.3 is 0 Å². The van der Waals surface area contributed by atoms with Crippen LogP contribution in [0.4, 0.5) is 0 Å². The molecule has 0 aromatic carbocycles. The highest BCUT2D eigenvalue weighted by Gasteiger charge is 2.29. The summed E-state index contributed by atoms with van der Waals surface area (Å²) in [6.45, 7) is 3.15. The summed E-state index contributed by atoms with van der Waals surface area (Å²) < 4.78 is 25.9. The van der Waals surface area contributed by atoms with Gasteiger partial charge in [-0.1, -0.05) is 0 Å². The lowest BCUT2D eigenvalue weighted by atomic mass is 10.0. The quantitative estimate of drug-likeness (QED) is 0.822. The Hall–Kier alpha value is -0.400. The number of sulfone groups is 1. The Morgan fingerprint density at radius 1 is 1.30 bits per heavy atom. The van der Waals surface area contributed by atoms with E-state index in [-0.39, 0.29) is 0 Å². The van der Waals surface area contributed by atoms with Crippen molar-refractivity contribution in [1.29, 1.82) is 0 Å². The highest BCUT2D eigenvalue weighted by Crippen LogP contribution is 2.26. The summed E-state index contributed by atoms with van der Waals surface area (Å²) in [6, 6.07) is 0.452. The molecule has 1 aromatic heterocycles. The van der Waals surface area contributed by atoms with Crippen molar-refractivity contribution in [3.8, 4) is 0 Å². The van der Waals surface area contributed by atoms with Crippen molar-refractivity contribution >= 4 is 25.8 Å². The van der Waals surface area contributed by atoms with Gasteiger partial charge in [-0.2, -0.15) is 5.10 Å². The second-order valence-corrected chi connectivity index (χ2v) is 9.16. The lowest BCUT2D eigenvalue weighted by molar-refractivity contribution is 0.255. The normalized spacial score (nSPS) is 27.9. The highest BCUT2D eigenvalue weighted by molar-refractivity contribution is 9.10. The molecule has 0 bridgehead atoms. The molecule has 0 radical (unpaired) electrons. The molecule has 1 aromatic rings. The number of hydrogen-bond acceptors (Lipinski definition) is 4. The van der Waals surface area contributed by atoms with Crippen LogP contribution in [0.2, 0.25) is 0 Å². The molecule has 2 saturated heterocycles. The molecule has 0 aliphatic carbocycles. The van der Waals surface area contributed by atoms with Gasteiger partial charge in [0.2, 0.25) is 0 Å². The fourth-order valence-electron chi connectivity index (χ4n) is 3.20. The SMILES string of the molecule is O=S1(=O)CCC(CN2CCC(n3cc(Br)cn3)C2)CC1. The van der Waals surface area contributed by atoms with E-state index in [9.17, 15) is 8.42 Å². The highest BCUT2D eigenvalue weighted by atomic mass is 79.9. The molecule has 0 N–H and O–H groups in total. The van der Waals surface area contributed by atoms with Gasteiger partial charge in [0.25, 0.3) is 0 Å². The van der Waals surface area contributed by atoms with E-state index in [0.717, 1.165) is 43.4 Å². The van der Waals surface area contributed by atoms with E-state index in [1.54, 1.807) is 0 Å². The van der Waals surface area contributed by atoms with Crippen LogP contribution in [0.15, 0.2) is 16.9 Å². The zero-order valence-electron chi connectivity index (χ0n) is 11.4. The molecular weight excluding hydrogens is 342 g/mol. The summed E-state index contributed by atoms with van der Waals surface area (Å²) in [6.07, 6.45) is 6.64. The van der Waals surface area contributed by atoms with Crippen molar-refractivity contribution < 1.29 is 8.42 Å². The molecule has 20 heavy (non-hydrogen) atoms. The minimum absolute atomic E-state index is 0.376. The molecule has 2 fully saturated rings. The third kappa shape index (κ3) is 3.43. The lowest BCUT2D eigenvalue weighted by Gasteiger charge is -2.26. The Morgan fingerprint density at radius 2 is 2.05 bits per heavy atom. The van der Waals surface area contributed by atoms with E-state index in [4.69, 9.17) is 0 Å². The van der Waals surface area contributed by atoms with E-state index >= 15 is 0 Å². The molecule has 2 aliphatic heterocycles. The average Bonchev–Trinajstić information content (AvgIpc) is 3.01. The van der Waals surface area contributed by atoms with Crippen molar-refractivity contribution in [3.63, 3.8) is 0 Å². The molecule has 112 valence electrons. The first-order valence-corrected chi connectivity index (χ1v) is 9.76. The Labute approximate surface area is 128 Å². The van der Waals surface area contributed by atoms with Crippen LogP contribution in [0.3, 0.4) is 0 Å². The first kappa shape index (κ1) is 14.5. The van der Waals surface area contributed by atoms with Crippen LogP contribution >= 0.6 is 15.9 Å². The van der Waals surface area contributed by atoms with Gasteiger partial charge in [-0.05, 0) is 41.1 Å². The molecule has 5 nitrogen and oxygen atoms in total. The van der Waals surface area contributed by atoms with Crippen molar-refractivity contribution in [2.75, 3.05) is 31.1 Å². The molecule has 2 aliphatic rings. The maximum Gasteiger partial charge on any atom is 0.150 e. The van der Waals surface area contributed by atoms with Crippen molar-refractivity contribution in [3.05, 3.63) is 16.9 Å². The van der Waals surface area contributed by atoms with Crippen LogP contribution < -0.4 is 0 Å². The largest absolute Gasteiger partial charge is 0.301 e. The van der Waals surface area contributed by atoms with E-state index < -0.39 is 9.84 Å². The first-order valence-electron chi connectivity index (χ1n) is 7.14. The third-order valence-electron chi connectivity index (χ3n) is 4.38. The molecule has 3 heterocycles. The molecular formula is C13H20BrN3O2S. The lowest BCUT2D eigenvalue weighted by Crippen LogP contribution is -2.33. The molecule has 0 spiro atoms. The summed E-state index contributed by atoms with van der Waals surface area (Å²) in [5.41, 5.74) is 0. The standard InChI is InChI=1S/C13H20BrN3O2S/c14-12-7-15-17(9-12)13-1-4-16(10-13)8-11-2-5-20(18,19)6-3-11/h7,9,11,13H,1-6,8,10H2. The van der Waals surface area contributed by atoms with Crippen molar-refractivity contribution in [2.24, 2.45) is 5.92 Å². The topological polar surface area (TPSA) is 55.2 Å². The molecule has 0 saturated carbocycles. The van der Waals surface area contributed by atoms with Crippen LogP contribution in [0.5, 0.6) is 0 Å². The minimum Gasteiger partial charge on any atom is -0.301 e. The van der Waals surface area contributed by atoms with Crippen LogP contribution in [-0.4, -0.2) is 54.2 Å². The maximum atomic E-state index is 11.4. The summed E-state index contributed by atoms with van der Waals surface area (Å²) in [5, 5.41) is 4.36. The summed E-state index contributed by atoms with van der Waals surface area (Å²) in [4.78, 5) is 2.46. The van der Waals surface area contributed by atoms with Crippen LogP contribution in [0.1, 0.15) is 25.3 Å². The van der Waals surface area contributed by atoms with Gasteiger partial charge in [0.15, 0.2) is 0 Å². The second kappa shape index (κ2) is 5.77. The van der Waals surface area contributed by atoms with Gasteiger partial charge in [-0.15, -0.1) is 0 Å². The zero-order valence-corrected chi connectivity index (χ0v) is 13.8. The van der Waals surface area contributed by atoms with Crippen LogP contribution in [-0.2, 0) is 9.84 Å². The van der Waals surface area contributed by atoms with Crippen LogP contribution in [0.25, 0.3) is 0 Å². The maximum absolute atomic E-state index is 11.4. The van der Waals surface area contributed by atoms with Gasteiger partial charge in [0.05, 0.1) is 28.2 Å². The fourth-order valence-corrected chi connectivity index (χ4v) is 5.09. The molecule has 3 rings (SSSR count). The molecule has 7 heteroatoms. The smallest absolute Gasteiger partial charge is 0.150 e. The number of halogens is 1. The van der Waals surface area contributed by atoms with Gasteiger partial charge < -0.3 is 4.90 Å². The van der Waals surface area contributed by atoms with Crippen molar-refractivity contribution in [1.82, 2.24) is 14.7 Å². The van der Waals surface area contributed by atoms with Gasteiger partial charge in [-0.25, -0.2) is 8.42 Å². The second-order valence-electron chi connectivity index (χ2n) is 5.94. The summed E-state index contributed by atoms with van der Waals surface area (Å²) >= 11 is 3.43. The zero-order chi connectivity index (χ0) is 14.2. The van der Waals surface area contributed by atoms with E-state index in [2.05, 4.69) is 25.9 Å². The molecule has 1 atom stereocenters. The molecule has 1 unspecified atom stereocenters. The van der Waals surface area contributed by atoms with Crippen molar-refractivity contribution in [2.45, 2.75) is 25.3 Å². The fraction of sp³-hybridized carbons (Fsp3) is 0.769. The number of likely N-dealkylation sites (tertiary alicyclic amines) is 1. The van der Waals surface area contributed by atoms with E-state index in [0.29, 0.717) is 23.5 Å². The van der Waals surface area contributed by atoms with Gasteiger partial charge in [0.1, 0.15) is 9.84 Å². The third-order valence-corrected chi connectivity index (χ3v) is 6.51. The summed E-state index contributed by atoms with van der Waals surface area (Å²) in [7, 11) is -2.74. The summed E-state index contributed by atoms with van der Waals surface area (Å²) in [5.74, 6) is 1.30. The Kier molecular flexibility index (Phi) is 4.19. The minimum atomic E-state index is -2.74. The number of aromatic nitrogens is 2. The Balaban J connectivity index is 1.51. The first-order chi connectivity index (χ1) is 9.52.